The molecule has 0 saturated heterocycles. The van der Waals surface area contributed by atoms with Crippen molar-refractivity contribution in [3.63, 3.8) is 0 Å². The normalized spacial score (nSPS) is 10.6. The molecule has 0 aliphatic carbocycles. The lowest BCUT2D eigenvalue weighted by atomic mass is 10.1. The van der Waals surface area contributed by atoms with Gasteiger partial charge in [-0.25, -0.2) is 4.98 Å². The van der Waals surface area contributed by atoms with E-state index in [9.17, 15) is 4.79 Å². The molecule has 0 amide bonds. The summed E-state index contributed by atoms with van der Waals surface area (Å²) in [4.78, 5) is 15.0. The Kier molecular flexibility index (Phi) is 4.00. The van der Waals surface area contributed by atoms with Crippen LogP contribution >= 0.6 is 0 Å². The molecule has 1 heterocycles. The fourth-order valence-corrected chi connectivity index (χ4v) is 1.98. The standard InChI is InChI=1S/C15H17NO3/c1-3-11-4-6-12(7-5-11)15-13(8-9-14(17)18)19-10(2)16-15/h4-7H,3,8-9H2,1-2H3,(H,17,18). The number of aliphatic carboxylic acids is 1. The zero-order valence-electron chi connectivity index (χ0n) is 11.1. The molecule has 4 heteroatoms. The number of oxazole rings is 1. The molecular weight excluding hydrogens is 242 g/mol. The molecule has 1 aromatic heterocycles. The van der Waals surface area contributed by atoms with Gasteiger partial charge in [-0.15, -0.1) is 0 Å². The average Bonchev–Trinajstić information content (AvgIpc) is 2.78. The summed E-state index contributed by atoms with van der Waals surface area (Å²) in [5, 5.41) is 8.75. The van der Waals surface area contributed by atoms with E-state index in [4.69, 9.17) is 9.52 Å². The maximum Gasteiger partial charge on any atom is 0.303 e. The predicted octanol–water partition coefficient (Wildman–Crippen LogP) is 3.23. The summed E-state index contributed by atoms with van der Waals surface area (Å²) >= 11 is 0. The van der Waals surface area contributed by atoms with Crippen molar-refractivity contribution >= 4 is 5.97 Å². The van der Waals surface area contributed by atoms with Gasteiger partial charge < -0.3 is 9.52 Å². The highest BCUT2D eigenvalue weighted by Gasteiger charge is 2.14. The third-order valence-corrected chi connectivity index (χ3v) is 3.01. The summed E-state index contributed by atoms with van der Waals surface area (Å²) in [6.45, 7) is 3.88. The summed E-state index contributed by atoms with van der Waals surface area (Å²) in [7, 11) is 0. The smallest absolute Gasteiger partial charge is 0.303 e. The molecule has 0 spiro atoms. The molecule has 2 aromatic rings. The average molecular weight is 259 g/mol. The van der Waals surface area contributed by atoms with E-state index in [1.165, 1.54) is 5.56 Å². The molecular formula is C15H17NO3. The third kappa shape index (κ3) is 3.22. The number of hydrogen-bond acceptors (Lipinski definition) is 3. The molecule has 1 N–H and O–H groups in total. The van der Waals surface area contributed by atoms with Crippen molar-refractivity contribution in [2.75, 3.05) is 0 Å². The minimum Gasteiger partial charge on any atom is -0.481 e. The number of benzene rings is 1. The van der Waals surface area contributed by atoms with Gasteiger partial charge in [-0.2, -0.15) is 0 Å². The van der Waals surface area contributed by atoms with Crippen molar-refractivity contribution in [3.8, 4) is 11.3 Å². The number of nitrogens with zero attached hydrogens (tertiary/aromatic N) is 1. The zero-order chi connectivity index (χ0) is 13.8. The Morgan fingerprint density at radius 2 is 2.00 bits per heavy atom. The van der Waals surface area contributed by atoms with E-state index in [0.29, 0.717) is 18.1 Å². The summed E-state index contributed by atoms with van der Waals surface area (Å²) in [6.07, 6.45) is 1.40. The molecule has 2 rings (SSSR count). The number of carboxylic acid groups (broad SMARTS) is 1. The number of carboxylic acids is 1. The minimum absolute atomic E-state index is 0.0503. The van der Waals surface area contributed by atoms with E-state index in [0.717, 1.165) is 17.7 Å². The first-order valence-electron chi connectivity index (χ1n) is 6.37. The van der Waals surface area contributed by atoms with E-state index in [2.05, 4.69) is 24.0 Å². The van der Waals surface area contributed by atoms with Gasteiger partial charge in [0.1, 0.15) is 11.5 Å². The molecule has 0 atom stereocenters. The van der Waals surface area contributed by atoms with Crippen molar-refractivity contribution in [3.05, 3.63) is 41.5 Å². The number of hydrogen-bond donors (Lipinski definition) is 1. The largest absolute Gasteiger partial charge is 0.481 e. The third-order valence-electron chi connectivity index (χ3n) is 3.01. The zero-order valence-corrected chi connectivity index (χ0v) is 11.1. The fraction of sp³-hybridized carbons (Fsp3) is 0.333. The van der Waals surface area contributed by atoms with Crippen LogP contribution in [0.3, 0.4) is 0 Å². The Labute approximate surface area is 112 Å². The van der Waals surface area contributed by atoms with Crippen molar-refractivity contribution in [2.45, 2.75) is 33.1 Å². The molecule has 0 aliphatic rings. The van der Waals surface area contributed by atoms with Crippen LogP contribution in [0.4, 0.5) is 0 Å². The highest BCUT2D eigenvalue weighted by molar-refractivity contribution is 5.68. The first-order chi connectivity index (χ1) is 9.10. The summed E-state index contributed by atoms with van der Waals surface area (Å²) in [5.41, 5.74) is 2.98. The van der Waals surface area contributed by atoms with Crippen molar-refractivity contribution in [1.29, 1.82) is 0 Å². The van der Waals surface area contributed by atoms with Crippen LogP contribution in [0, 0.1) is 6.92 Å². The van der Waals surface area contributed by atoms with Crippen LogP contribution in [0.2, 0.25) is 0 Å². The van der Waals surface area contributed by atoms with Gasteiger partial charge in [0.25, 0.3) is 0 Å². The van der Waals surface area contributed by atoms with Crippen LogP contribution in [-0.4, -0.2) is 16.1 Å². The first-order valence-corrected chi connectivity index (χ1v) is 6.37. The first kappa shape index (κ1) is 13.3. The van der Waals surface area contributed by atoms with E-state index in [1.807, 2.05) is 12.1 Å². The van der Waals surface area contributed by atoms with E-state index in [1.54, 1.807) is 6.92 Å². The quantitative estimate of drug-likeness (QED) is 0.895. The molecule has 4 nitrogen and oxygen atoms in total. The monoisotopic (exact) mass is 259 g/mol. The second kappa shape index (κ2) is 5.69. The van der Waals surface area contributed by atoms with Gasteiger partial charge in [-0.3, -0.25) is 4.79 Å². The Hall–Kier alpha value is -2.10. The Bertz CT molecular complexity index is 570. The van der Waals surface area contributed by atoms with Crippen LogP contribution in [0.25, 0.3) is 11.3 Å². The maximum absolute atomic E-state index is 10.6. The Morgan fingerprint density at radius 3 is 2.58 bits per heavy atom. The second-order valence-electron chi connectivity index (χ2n) is 4.45. The predicted molar refractivity (Wildman–Crippen MR) is 72.0 cm³/mol. The topological polar surface area (TPSA) is 63.3 Å². The summed E-state index contributed by atoms with van der Waals surface area (Å²) in [6, 6.07) is 8.11. The van der Waals surface area contributed by atoms with Crippen molar-refractivity contribution in [2.24, 2.45) is 0 Å². The summed E-state index contributed by atoms with van der Waals surface area (Å²) < 4.78 is 5.50. The summed E-state index contributed by atoms with van der Waals surface area (Å²) in [5.74, 6) is 0.375. The molecule has 0 bridgehead atoms. The van der Waals surface area contributed by atoms with Gasteiger partial charge in [0.2, 0.25) is 0 Å². The SMILES string of the molecule is CCc1ccc(-c2nc(C)oc2CCC(=O)O)cc1. The molecule has 0 aliphatic heterocycles. The van der Waals surface area contributed by atoms with Gasteiger partial charge in [0, 0.05) is 18.9 Å². The van der Waals surface area contributed by atoms with Crippen LogP contribution in [0.1, 0.15) is 30.6 Å². The number of aromatic nitrogens is 1. The number of aryl methyl sites for hydroxylation is 3. The van der Waals surface area contributed by atoms with Crippen LogP contribution in [0.5, 0.6) is 0 Å². The number of carbonyl (C=O) groups is 1. The second-order valence-corrected chi connectivity index (χ2v) is 4.45. The highest BCUT2D eigenvalue weighted by atomic mass is 16.4. The van der Waals surface area contributed by atoms with Crippen LogP contribution in [0.15, 0.2) is 28.7 Å². The van der Waals surface area contributed by atoms with E-state index in [-0.39, 0.29) is 6.42 Å². The highest BCUT2D eigenvalue weighted by Crippen LogP contribution is 2.25. The van der Waals surface area contributed by atoms with Gasteiger partial charge in [0.05, 0.1) is 6.42 Å². The van der Waals surface area contributed by atoms with Crippen LogP contribution < -0.4 is 0 Å². The molecule has 0 unspecified atom stereocenters. The van der Waals surface area contributed by atoms with Crippen molar-refractivity contribution in [1.82, 2.24) is 4.98 Å². The Balaban J connectivity index is 2.29. The lowest BCUT2D eigenvalue weighted by Gasteiger charge is -2.01. The molecule has 0 saturated carbocycles. The van der Waals surface area contributed by atoms with E-state index < -0.39 is 5.97 Å². The van der Waals surface area contributed by atoms with Crippen molar-refractivity contribution < 1.29 is 14.3 Å². The lowest BCUT2D eigenvalue weighted by Crippen LogP contribution is -1.97. The maximum atomic E-state index is 10.6. The molecule has 19 heavy (non-hydrogen) atoms. The fourth-order valence-electron chi connectivity index (χ4n) is 1.98. The van der Waals surface area contributed by atoms with Gasteiger partial charge in [-0.05, 0) is 12.0 Å². The molecule has 100 valence electrons. The molecule has 0 fully saturated rings. The molecule has 1 aromatic carbocycles. The van der Waals surface area contributed by atoms with Gasteiger partial charge >= 0.3 is 5.97 Å². The molecule has 0 radical (unpaired) electrons. The minimum atomic E-state index is -0.832. The van der Waals surface area contributed by atoms with Gasteiger partial charge in [0.15, 0.2) is 5.89 Å². The van der Waals surface area contributed by atoms with Gasteiger partial charge in [-0.1, -0.05) is 31.2 Å². The lowest BCUT2D eigenvalue weighted by molar-refractivity contribution is -0.137. The number of rotatable bonds is 5. The Morgan fingerprint density at radius 1 is 1.32 bits per heavy atom. The van der Waals surface area contributed by atoms with Crippen LogP contribution in [-0.2, 0) is 17.6 Å². The van der Waals surface area contributed by atoms with E-state index >= 15 is 0 Å².